The van der Waals surface area contributed by atoms with E-state index in [4.69, 9.17) is 0 Å². The summed E-state index contributed by atoms with van der Waals surface area (Å²) in [6.45, 7) is 6.35. The summed E-state index contributed by atoms with van der Waals surface area (Å²) in [6.07, 6.45) is 2.16. The van der Waals surface area contributed by atoms with Crippen LogP contribution in [0.1, 0.15) is 52.0 Å². The van der Waals surface area contributed by atoms with Gasteiger partial charge in [-0.3, -0.25) is 0 Å². The molecule has 6 nitrogen and oxygen atoms in total. The fourth-order valence-electron chi connectivity index (χ4n) is 4.75. The summed E-state index contributed by atoms with van der Waals surface area (Å²) < 4.78 is 17.6. The van der Waals surface area contributed by atoms with E-state index in [0.29, 0.717) is 0 Å². The van der Waals surface area contributed by atoms with Crippen LogP contribution in [0.3, 0.4) is 0 Å². The Bertz CT molecular complexity index is 1320. The lowest BCUT2D eigenvalue weighted by atomic mass is 9.68. The number of benzene rings is 4. The highest BCUT2D eigenvalue weighted by Gasteiger charge is 2.45. The van der Waals surface area contributed by atoms with Crippen LogP contribution < -0.4 is 0 Å². The van der Waals surface area contributed by atoms with E-state index in [1.54, 1.807) is 0 Å². The van der Waals surface area contributed by atoms with Gasteiger partial charge in [-0.2, -0.15) is 0 Å². The van der Waals surface area contributed by atoms with Crippen molar-refractivity contribution in [3.63, 3.8) is 0 Å². The van der Waals surface area contributed by atoms with Crippen LogP contribution in [-0.4, -0.2) is 39.7 Å². The SMILES string of the molecule is C.C.C.C.C=CC(=O)OCOC.C=CC(=O)OCOC.c1ccc(C2(c3ccccc3)c3ccccc3-c3ccccc32)cc1. The number of hydrogen-bond acceptors (Lipinski definition) is 6. The van der Waals surface area contributed by atoms with E-state index in [9.17, 15) is 9.59 Å². The Morgan fingerprint density at radius 3 is 1.18 bits per heavy atom. The molecular weight excluding hydrogens is 564 g/mol. The molecule has 0 saturated carbocycles. The minimum absolute atomic E-state index is 0. The highest BCUT2D eigenvalue weighted by atomic mass is 16.7. The molecule has 0 unspecified atom stereocenters. The van der Waals surface area contributed by atoms with Gasteiger partial charge < -0.3 is 18.9 Å². The van der Waals surface area contributed by atoms with Crippen LogP contribution in [0.15, 0.2) is 135 Å². The zero-order valence-corrected chi connectivity index (χ0v) is 23.3. The maximum absolute atomic E-state index is 10.2. The third-order valence-electron chi connectivity index (χ3n) is 6.34. The summed E-state index contributed by atoms with van der Waals surface area (Å²) in [6, 6.07) is 39.5. The standard InChI is InChI=1S/C25H18.2C5H8O3.4CH4/c1-3-11-19(12-4-1)25(20-13-5-2-6-14-20)23-17-9-7-15-21(23)22-16-8-10-18-24(22)25;2*1-3-5(6)8-4-7-2;;;;/h1-18H;2*3H,1,4H2,2H3;4*1H4. The van der Waals surface area contributed by atoms with Gasteiger partial charge in [-0.15, -0.1) is 0 Å². The Labute approximate surface area is 271 Å². The smallest absolute Gasteiger partial charge is 0.332 e. The molecule has 1 aliphatic rings. The zero-order valence-electron chi connectivity index (χ0n) is 23.3. The van der Waals surface area contributed by atoms with Gasteiger partial charge in [0.25, 0.3) is 0 Å². The summed E-state index contributed by atoms with van der Waals surface area (Å²) >= 11 is 0. The molecule has 1 aliphatic carbocycles. The van der Waals surface area contributed by atoms with Crippen LogP contribution in [0.5, 0.6) is 0 Å². The Kier molecular flexibility index (Phi) is 20.6. The molecular formula is C39H50O6. The van der Waals surface area contributed by atoms with Gasteiger partial charge in [0.1, 0.15) is 0 Å². The first-order chi connectivity index (χ1) is 20.0. The molecule has 6 heteroatoms. The molecule has 0 aromatic heterocycles. The number of fused-ring (bicyclic) bond motifs is 3. The highest BCUT2D eigenvalue weighted by Crippen LogP contribution is 2.55. The van der Waals surface area contributed by atoms with Crippen molar-refractivity contribution >= 4 is 11.9 Å². The lowest BCUT2D eigenvalue weighted by Gasteiger charge is -2.33. The number of rotatable bonds is 8. The van der Waals surface area contributed by atoms with Gasteiger partial charge in [-0.25, -0.2) is 9.59 Å². The van der Waals surface area contributed by atoms with Crippen molar-refractivity contribution in [1.82, 2.24) is 0 Å². The second-order valence-corrected chi connectivity index (χ2v) is 8.72. The minimum Gasteiger partial charge on any atom is -0.435 e. The molecule has 4 aromatic carbocycles. The molecule has 0 heterocycles. The van der Waals surface area contributed by atoms with Crippen LogP contribution in [-0.2, 0) is 34.0 Å². The molecule has 242 valence electrons. The molecule has 0 aliphatic heterocycles. The van der Waals surface area contributed by atoms with E-state index in [0.717, 1.165) is 12.2 Å². The number of carbonyl (C=O) groups excluding carboxylic acids is 2. The number of ether oxygens (including phenoxy) is 4. The van der Waals surface area contributed by atoms with E-state index in [1.165, 1.54) is 47.6 Å². The lowest BCUT2D eigenvalue weighted by molar-refractivity contribution is -0.148. The van der Waals surface area contributed by atoms with Crippen LogP contribution in [0.4, 0.5) is 0 Å². The van der Waals surface area contributed by atoms with E-state index in [1.807, 2.05) is 0 Å². The maximum atomic E-state index is 10.2. The van der Waals surface area contributed by atoms with Crippen molar-refractivity contribution < 1.29 is 28.5 Å². The van der Waals surface area contributed by atoms with E-state index < -0.39 is 11.9 Å². The average molecular weight is 615 g/mol. The zero-order chi connectivity index (χ0) is 29.5. The number of carbonyl (C=O) groups is 2. The summed E-state index contributed by atoms with van der Waals surface area (Å²) in [5.41, 5.74) is 7.80. The normalized spacial score (nSPS) is 10.6. The summed E-state index contributed by atoms with van der Waals surface area (Å²) in [7, 11) is 2.88. The summed E-state index contributed by atoms with van der Waals surface area (Å²) in [5, 5.41) is 0. The van der Waals surface area contributed by atoms with Gasteiger partial charge in [0.15, 0.2) is 13.6 Å². The predicted molar refractivity (Wildman–Crippen MR) is 187 cm³/mol. The van der Waals surface area contributed by atoms with Crippen molar-refractivity contribution in [3.8, 4) is 11.1 Å². The molecule has 0 amide bonds. The first-order valence-electron chi connectivity index (χ1n) is 12.9. The second-order valence-electron chi connectivity index (χ2n) is 8.72. The quantitative estimate of drug-likeness (QED) is 0.0986. The Morgan fingerprint density at radius 1 is 0.556 bits per heavy atom. The van der Waals surface area contributed by atoms with Gasteiger partial charge in [0.05, 0.1) is 5.41 Å². The van der Waals surface area contributed by atoms with E-state index >= 15 is 0 Å². The first kappa shape index (κ1) is 42.4. The van der Waals surface area contributed by atoms with Gasteiger partial charge in [0.2, 0.25) is 0 Å². The van der Waals surface area contributed by atoms with Crippen molar-refractivity contribution in [2.75, 3.05) is 27.8 Å². The fourth-order valence-corrected chi connectivity index (χ4v) is 4.75. The molecule has 0 fully saturated rings. The Morgan fingerprint density at radius 2 is 0.867 bits per heavy atom. The average Bonchev–Trinajstić information content (AvgIpc) is 3.35. The molecule has 0 N–H and O–H groups in total. The number of esters is 2. The van der Waals surface area contributed by atoms with E-state index in [-0.39, 0.29) is 48.7 Å². The van der Waals surface area contributed by atoms with Crippen LogP contribution in [0, 0.1) is 0 Å². The summed E-state index contributed by atoms with van der Waals surface area (Å²) in [4.78, 5) is 20.3. The fraction of sp³-hybridized carbons (Fsp3) is 0.231. The Balaban J connectivity index is 0. The molecule has 4 aromatic rings. The van der Waals surface area contributed by atoms with Gasteiger partial charge >= 0.3 is 11.9 Å². The Hall–Kier alpha value is -4.78. The second kappa shape index (κ2) is 21.8. The van der Waals surface area contributed by atoms with Crippen LogP contribution in [0.2, 0.25) is 0 Å². The molecule has 0 spiro atoms. The number of hydrogen-bond donors (Lipinski definition) is 0. The van der Waals surface area contributed by atoms with Gasteiger partial charge in [-0.05, 0) is 33.4 Å². The monoisotopic (exact) mass is 614 g/mol. The van der Waals surface area contributed by atoms with Crippen molar-refractivity contribution in [1.29, 1.82) is 0 Å². The van der Waals surface area contributed by atoms with Crippen molar-refractivity contribution in [2.45, 2.75) is 35.1 Å². The van der Waals surface area contributed by atoms with Crippen LogP contribution >= 0.6 is 0 Å². The van der Waals surface area contributed by atoms with Crippen molar-refractivity contribution in [2.24, 2.45) is 0 Å². The number of methoxy groups -OCH3 is 2. The summed E-state index contributed by atoms with van der Waals surface area (Å²) in [5.74, 6) is -0.932. The molecule has 5 rings (SSSR count). The largest absolute Gasteiger partial charge is 0.435 e. The minimum atomic E-state index is -0.466. The lowest BCUT2D eigenvalue weighted by Crippen LogP contribution is -2.28. The molecule has 0 saturated heterocycles. The molecule has 0 radical (unpaired) electrons. The highest BCUT2D eigenvalue weighted by molar-refractivity contribution is 5.86. The third kappa shape index (κ3) is 10.1. The van der Waals surface area contributed by atoms with Crippen molar-refractivity contribution in [3.05, 3.63) is 157 Å². The van der Waals surface area contributed by atoms with Gasteiger partial charge in [-0.1, -0.05) is 152 Å². The first-order valence-corrected chi connectivity index (χ1v) is 12.9. The van der Waals surface area contributed by atoms with E-state index in [2.05, 4.69) is 141 Å². The predicted octanol–water partition coefficient (Wildman–Crippen LogP) is 9.23. The van der Waals surface area contributed by atoms with Gasteiger partial charge in [0, 0.05) is 26.4 Å². The topological polar surface area (TPSA) is 71.1 Å². The third-order valence-corrected chi connectivity index (χ3v) is 6.34. The molecule has 0 atom stereocenters. The van der Waals surface area contributed by atoms with Crippen LogP contribution in [0.25, 0.3) is 11.1 Å². The molecule has 45 heavy (non-hydrogen) atoms. The maximum Gasteiger partial charge on any atom is 0.332 e. The molecule has 0 bridgehead atoms.